The quantitative estimate of drug-likeness (QED) is 0.259. The molecule has 0 spiro atoms. The first kappa shape index (κ1) is 32.3. The first-order valence-corrected chi connectivity index (χ1v) is 14.0. The standard InChI is InChI=1S/C30H36N6O8/c1-17(2)23(34-28(41)44-29(3,4)5)27(40)35-26-19-11-12-21(36(19)33-16-32-26)30(15-31)25(39)24(20(14-37)43-30)42-22(38)13-18-9-7-6-8-10-18/h6-12,16-17,20,23-25,37,39H,13-14H2,1-5H3,(H,34,41)(H,32,33,35,40)/t20-,23+,24-,25-,30+/m1/s1. The number of esters is 1. The summed E-state index contributed by atoms with van der Waals surface area (Å²) >= 11 is 0. The molecule has 14 nitrogen and oxygen atoms in total. The van der Waals surface area contributed by atoms with Crippen LogP contribution in [-0.4, -0.2) is 79.3 Å². The van der Waals surface area contributed by atoms with E-state index in [1.807, 2.05) is 6.07 Å². The smallest absolute Gasteiger partial charge is 0.408 e. The number of hydrogen-bond acceptors (Lipinski definition) is 11. The Kier molecular flexibility index (Phi) is 9.53. The average molecular weight is 609 g/mol. The SMILES string of the molecule is CC(C)[C@H](NC(=O)OC(C)(C)C)C(=O)Nc1ncnn2c([C@]3(C#N)O[C@H](CO)[C@@H](OC(=O)Cc4ccccc4)[C@H]3O)ccc12. The van der Waals surface area contributed by atoms with Gasteiger partial charge in [-0.25, -0.2) is 14.3 Å². The zero-order valence-electron chi connectivity index (χ0n) is 25.1. The minimum Gasteiger partial charge on any atom is -0.456 e. The molecule has 1 aliphatic heterocycles. The van der Waals surface area contributed by atoms with E-state index in [2.05, 4.69) is 20.7 Å². The molecule has 0 bridgehead atoms. The number of fused-ring (bicyclic) bond motifs is 1. The minimum atomic E-state index is -2.11. The molecule has 0 saturated carbocycles. The van der Waals surface area contributed by atoms with Gasteiger partial charge >= 0.3 is 12.1 Å². The lowest BCUT2D eigenvalue weighted by Crippen LogP contribution is -2.48. The van der Waals surface area contributed by atoms with Crippen molar-refractivity contribution in [2.45, 2.75) is 76.6 Å². The summed E-state index contributed by atoms with van der Waals surface area (Å²) in [6.45, 7) is 7.97. The summed E-state index contributed by atoms with van der Waals surface area (Å²) in [7, 11) is 0. The Morgan fingerprint density at radius 2 is 1.89 bits per heavy atom. The molecule has 3 aromatic rings. The first-order chi connectivity index (χ1) is 20.8. The van der Waals surface area contributed by atoms with Gasteiger partial charge in [0.1, 0.15) is 41.8 Å². The number of carbonyl (C=O) groups is 3. The van der Waals surface area contributed by atoms with E-state index in [0.29, 0.717) is 5.56 Å². The highest BCUT2D eigenvalue weighted by atomic mass is 16.6. The van der Waals surface area contributed by atoms with Crippen molar-refractivity contribution in [2.75, 3.05) is 11.9 Å². The highest BCUT2D eigenvalue weighted by Crippen LogP contribution is 2.41. The predicted molar refractivity (Wildman–Crippen MR) is 155 cm³/mol. The predicted octanol–water partition coefficient (Wildman–Crippen LogP) is 1.84. The second-order valence-corrected chi connectivity index (χ2v) is 11.7. The third-order valence-corrected chi connectivity index (χ3v) is 6.93. The fourth-order valence-electron chi connectivity index (χ4n) is 4.88. The lowest BCUT2D eigenvalue weighted by molar-refractivity contribution is -0.155. The van der Waals surface area contributed by atoms with Crippen LogP contribution < -0.4 is 10.6 Å². The van der Waals surface area contributed by atoms with Crippen LogP contribution in [0.25, 0.3) is 5.52 Å². The van der Waals surface area contributed by atoms with Gasteiger partial charge in [-0.05, 0) is 44.4 Å². The number of carbonyl (C=O) groups excluding carboxylic acids is 3. The zero-order chi connectivity index (χ0) is 32.2. The summed E-state index contributed by atoms with van der Waals surface area (Å²) < 4.78 is 17.9. The Morgan fingerprint density at radius 1 is 1.18 bits per heavy atom. The second-order valence-electron chi connectivity index (χ2n) is 11.7. The Bertz CT molecular complexity index is 1550. The number of benzene rings is 1. The molecule has 4 N–H and O–H groups in total. The molecule has 0 unspecified atom stereocenters. The molecule has 0 radical (unpaired) electrons. The fourth-order valence-corrected chi connectivity index (χ4v) is 4.88. The molecule has 2 aromatic heterocycles. The minimum absolute atomic E-state index is 0.0488. The van der Waals surface area contributed by atoms with E-state index in [1.54, 1.807) is 65.0 Å². The number of anilines is 1. The molecule has 1 aliphatic rings. The maximum absolute atomic E-state index is 13.2. The summed E-state index contributed by atoms with van der Waals surface area (Å²) in [4.78, 5) is 42.5. The van der Waals surface area contributed by atoms with Gasteiger partial charge in [-0.15, -0.1) is 0 Å². The van der Waals surface area contributed by atoms with Gasteiger partial charge in [0.25, 0.3) is 0 Å². The van der Waals surface area contributed by atoms with Crippen molar-refractivity contribution < 1.29 is 38.8 Å². The van der Waals surface area contributed by atoms with Crippen LogP contribution in [-0.2, 0) is 35.8 Å². The van der Waals surface area contributed by atoms with Gasteiger partial charge in [0.2, 0.25) is 11.5 Å². The van der Waals surface area contributed by atoms with Crippen molar-refractivity contribution in [3.63, 3.8) is 0 Å². The third-order valence-electron chi connectivity index (χ3n) is 6.93. The Balaban J connectivity index is 1.59. The molecule has 1 fully saturated rings. The van der Waals surface area contributed by atoms with Crippen LogP contribution in [0.4, 0.5) is 10.6 Å². The molecule has 5 atom stereocenters. The largest absolute Gasteiger partial charge is 0.456 e. The van der Waals surface area contributed by atoms with Crippen molar-refractivity contribution in [1.82, 2.24) is 19.9 Å². The molecule has 234 valence electrons. The van der Waals surface area contributed by atoms with Crippen molar-refractivity contribution in [1.29, 1.82) is 5.26 Å². The van der Waals surface area contributed by atoms with Crippen LogP contribution in [0.1, 0.15) is 45.9 Å². The maximum Gasteiger partial charge on any atom is 0.408 e. The van der Waals surface area contributed by atoms with Gasteiger partial charge in [-0.3, -0.25) is 9.59 Å². The van der Waals surface area contributed by atoms with Gasteiger partial charge in [0, 0.05) is 0 Å². The highest BCUT2D eigenvalue weighted by molar-refractivity contribution is 5.98. The number of aliphatic hydroxyl groups is 2. The number of nitriles is 1. The lowest BCUT2D eigenvalue weighted by Gasteiger charge is -2.25. The summed E-state index contributed by atoms with van der Waals surface area (Å²) in [5.74, 6) is -1.52. The molecule has 1 saturated heterocycles. The van der Waals surface area contributed by atoms with Gasteiger partial charge in [0.05, 0.1) is 18.7 Å². The lowest BCUT2D eigenvalue weighted by atomic mass is 9.92. The number of aliphatic hydroxyl groups excluding tert-OH is 2. The summed E-state index contributed by atoms with van der Waals surface area (Å²) in [5, 5.41) is 41.1. The third kappa shape index (κ3) is 6.80. The van der Waals surface area contributed by atoms with Crippen LogP contribution >= 0.6 is 0 Å². The summed E-state index contributed by atoms with van der Waals surface area (Å²) in [5.41, 5.74) is -1.89. The molecule has 14 heteroatoms. The Labute approximate surface area is 253 Å². The van der Waals surface area contributed by atoms with Crippen LogP contribution in [0.2, 0.25) is 0 Å². The van der Waals surface area contributed by atoms with Crippen molar-refractivity contribution in [3.05, 3.63) is 60.0 Å². The highest BCUT2D eigenvalue weighted by Gasteiger charge is 2.59. The molecule has 44 heavy (non-hydrogen) atoms. The molecular weight excluding hydrogens is 572 g/mol. The molecule has 1 aromatic carbocycles. The van der Waals surface area contributed by atoms with E-state index in [4.69, 9.17) is 14.2 Å². The molecule has 0 aliphatic carbocycles. The number of amides is 2. The number of nitrogens with one attached hydrogen (secondary N) is 2. The number of aromatic nitrogens is 3. The van der Waals surface area contributed by atoms with Crippen LogP contribution in [0.3, 0.4) is 0 Å². The Hall–Kier alpha value is -4.58. The molecule has 3 heterocycles. The topological polar surface area (TPSA) is 197 Å². The van der Waals surface area contributed by atoms with Gasteiger partial charge in [-0.1, -0.05) is 44.2 Å². The summed E-state index contributed by atoms with van der Waals surface area (Å²) in [6, 6.07) is 12.8. The van der Waals surface area contributed by atoms with Crippen molar-refractivity contribution >= 4 is 29.3 Å². The summed E-state index contributed by atoms with van der Waals surface area (Å²) in [6.07, 6.45) is -4.02. The van der Waals surface area contributed by atoms with E-state index in [0.717, 1.165) is 6.33 Å². The van der Waals surface area contributed by atoms with Crippen molar-refractivity contribution in [3.8, 4) is 6.07 Å². The van der Waals surface area contributed by atoms with E-state index >= 15 is 0 Å². The first-order valence-electron chi connectivity index (χ1n) is 14.0. The number of hydrogen-bond donors (Lipinski definition) is 4. The van der Waals surface area contributed by atoms with E-state index in [9.17, 15) is 29.9 Å². The van der Waals surface area contributed by atoms with Gasteiger partial charge in [0.15, 0.2) is 11.9 Å². The number of alkyl carbamates (subject to hydrolysis) is 1. The van der Waals surface area contributed by atoms with Crippen LogP contribution in [0.5, 0.6) is 0 Å². The monoisotopic (exact) mass is 608 g/mol. The maximum atomic E-state index is 13.2. The van der Waals surface area contributed by atoms with E-state index < -0.39 is 60.1 Å². The number of nitrogens with zero attached hydrogens (tertiary/aromatic N) is 4. The van der Waals surface area contributed by atoms with E-state index in [1.165, 1.54) is 16.6 Å². The molecule has 2 amide bonds. The molecule has 4 rings (SSSR count). The normalized spacial score (nSPS) is 22.3. The number of rotatable bonds is 9. The number of ether oxygens (including phenoxy) is 3. The van der Waals surface area contributed by atoms with Crippen molar-refractivity contribution in [2.24, 2.45) is 5.92 Å². The van der Waals surface area contributed by atoms with Crippen LogP contribution in [0, 0.1) is 17.2 Å². The second kappa shape index (κ2) is 13.0. The zero-order valence-corrected chi connectivity index (χ0v) is 25.1. The average Bonchev–Trinajstić information content (AvgIpc) is 3.51. The van der Waals surface area contributed by atoms with Gasteiger partial charge in [-0.2, -0.15) is 10.4 Å². The van der Waals surface area contributed by atoms with Gasteiger partial charge < -0.3 is 35.1 Å². The Morgan fingerprint density at radius 3 is 2.50 bits per heavy atom. The fraction of sp³-hybridized carbons (Fsp3) is 0.467. The molecular formula is C30H36N6O8. The van der Waals surface area contributed by atoms with E-state index in [-0.39, 0.29) is 29.4 Å². The van der Waals surface area contributed by atoms with Crippen LogP contribution in [0.15, 0.2) is 48.8 Å².